The Morgan fingerprint density at radius 2 is 2.09 bits per heavy atom. The molecule has 8 heteroatoms. The predicted octanol–water partition coefficient (Wildman–Crippen LogP) is 2.41. The van der Waals surface area contributed by atoms with E-state index in [0.717, 1.165) is 24.2 Å². The number of rotatable bonds is 4. The second-order valence-corrected chi connectivity index (χ2v) is 5.99. The largest absolute Gasteiger partial charge is 0.345 e. The van der Waals surface area contributed by atoms with Gasteiger partial charge in [-0.2, -0.15) is 9.97 Å². The summed E-state index contributed by atoms with van der Waals surface area (Å²) in [6.07, 6.45) is 9.61. The number of fused-ring (bicyclic) bond motifs is 1. The van der Waals surface area contributed by atoms with E-state index in [9.17, 15) is 0 Å². The normalized spacial score (nSPS) is 16.0. The fourth-order valence-electron chi connectivity index (χ4n) is 3.02. The molecule has 3 aromatic heterocycles. The van der Waals surface area contributed by atoms with E-state index in [1.54, 1.807) is 12.5 Å². The Bertz CT molecular complexity index is 803. The monoisotopic (exact) mass is 313 g/mol. The van der Waals surface area contributed by atoms with Gasteiger partial charge in [-0.15, -0.1) is 0 Å². The highest BCUT2D eigenvalue weighted by molar-refractivity contribution is 5.70. The van der Waals surface area contributed by atoms with Crippen LogP contribution < -0.4 is 5.32 Å². The third-order valence-electron chi connectivity index (χ3n) is 4.34. The number of nitrogens with zero attached hydrogens (tertiary/aromatic N) is 6. The molecule has 3 heterocycles. The molecule has 1 saturated carbocycles. The van der Waals surface area contributed by atoms with Gasteiger partial charge in [-0.05, 0) is 12.8 Å². The molecule has 0 saturated heterocycles. The summed E-state index contributed by atoms with van der Waals surface area (Å²) in [6, 6.07) is 0. The minimum Gasteiger partial charge on any atom is -0.345 e. The van der Waals surface area contributed by atoms with Crippen LogP contribution in [-0.4, -0.2) is 29.7 Å². The second-order valence-electron chi connectivity index (χ2n) is 5.99. The number of hydrogen-bond donors (Lipinski definition) is 1. The number of nitrogens with one attached hydrogen (secondary N) is 1. The lowest BCUT2D eigenvalue weighted by atomic mass is 9.89. The average molecular weight is 313 g/mol. The Morgan fingerprint density at radius 3 is 2.96 bits per heavy atom. The lowest BCUT2D eigenvalue weighted by molar-refractivity contribution is 0.361. The Morgan fingerprint density at radius 1 is 1.22 bits per heavy atom. The lowest BCUT2D eigenvalue weighted by Crippen LogP contribution is -2.07. The third-order valence-corrected chi connectivity index (χ3v) is 4.34. The maximum absolute atomic E-state index is 5.33. The molecule has 1 aliphatic rings. The van der Waals surface area contributed by atoms with Crippen LogP contribution in [0.3, 0.4) is 0 Å². The van der Waals surface area contributed by atoms with E-state index in [-0.39, 0.29) is 0 Å². The molecule has 3 aromatic rings. The van der Waals surface area contributed by atoms with Gasteiger partial charge in [0.15, 0.2) is 11.5 Å². The van der Waals surface area contributed by atoms with Crippen molar-refractivity contribution in [2.75, 3.05) is 5.32 Å². The summed E-state index contributed by atoms with van der Waals surface area (Å²) in [6.45, 7) is 0.415. The van der Waals surface area contributed by atoms with Crippen LogP contribution in [-0.2, 0) is 13.6 Å². The zero-order valence-corrected chi connectivity index (χ0v) is 13.1. The van der Waals surface area contributed by atoms with Gasteiger partial charge in [0.05, 0.1) is 19.1 Å². The van der Waals surface area contributed by atoms with Gasteiger partial charge in [-0.25, -0.2) is 9.97 Å². The molecule has 23 heavy (non-hydrogen) atoms. The zero-order chi connectivity index (χ0) is 15.6. The van der Waals surface area contributed by atoms with E-state index in [0.29, 0.717) is 29.9 Å². The van der Waals surface area contributed by atoms with E-state index in [2.05, 4.69) is 30.4 Å². The van der Waals surface area contributed by atoms with E-state index in [1.807, 2.05) is 11.6 Å². The first-order valence-corrected chi connectivity index (χ1v) is 8.00. The molecule has 0 radical (unpaired) electrons. The van der Waals surface area contributed by atoms with Crippen LogP contribution in [0.2, 0.25) is 0 Å². The van der Waals surface area contributed by atoms with Gasteiger partial charge in [-0.1, -0.05) is 24.4 Å². The predicted molar refractivity (Wildman–Crippen MR) is 83.8 cm³/mol. The van der Waals surface area contributed by atoms with Crippen molar-refractivity contribution in [3.8, 4) is 0 Å². The summed E-state index contributed by atoms with van der Waals surface area (Å²) in [5, 5.41) is 7.23. The van der Waals surface area contributed by atoms with Crippen LogP contribution in [0.4, 0.5) is 5.95 Å². The summed E-state index contributed by atoms with van der Waals surface area (Å²) in [4.78, 5) is 17.4. The minimum absolute atomic E-state index is 0.415. The molecule has 1 aliphatic carbocycles. The number of aromatic nitrogens is 6. The molecule has 0 aromatic carbocycles. The number of anilines is 1. The maximum atomic E-state index is 5.33. The summed E-state index contributed by atoms with van der Waals surface area (Å²) in [5.74, 6) is 2.36. The summed E-state index contributed by atoms with van der Waals surface area (Å²) >= 11 is 0. The fourth-order valence-corrected chi connectivity index (χ4v) is 3.02. The van der Waals surface area contributed by atoms with Crippen molar-refractivity contribution in [3.63, 3.8) is 0 Å². The Labute approximate surface area is 133 Å². The lowest BCUT2D eigenvalue weighted by Gasteiger charge is -2.17. The molecule has 0 atom stereocenters. The van der Waals surface area contributed by atoms with Crippen LogP contribution in [0.25, 0.3) is 11.2 Å². The quantitative estimate of drug-likeness (QED) is 0.790. The minimum atomic E-state index is 0.415. The van der Waals surface area contributed by atoms with Crippen molar-refractivity contribution in [1.82, 2.24) is 29.7 Å². The molecule has 0 unspecified atom stereocenters. The van der Waals surface area contributed by atoms with Gasteiger partial charge < -0.3 is 14.4 Å². The second kappa shape index (κ2) is 5.94. The first-order chi connectivity index (χ1) is 11.3. The molecule has 120 valence electrons. The van der Waals surface area contributed by atoms with E-state index in [4.69, 9.17) is 4.52 Å². The summed E-state index contributed by atoms with van der Waals surface area (Å²) in [5.41, 5.74) is 1.56. The van der Waals surface area contributed by atoms with Gasteiger partial charge in [0.1, 0.15) is 5.52 Å². The summed E-state index contributed by atoms with van der Waals surface area (Å²) in [7, 11) is 1.91. The topological polar surface area (TPSA) is 94.6 Å². The Kier molecular flexibility index (Phi) is 3.64. The van der Waals surface area contributed by atoms with Crippen LogP contribution >= 0.6 is 0 Å². The molecular formula is C15H19N7O. The van der Waals surface area contributed by atoms with Crippen LogP contribution in [0.15, 0.2) is 17.0 Å². The molecule has 1 N–H and O–H groups in total. The van der Waals surface area contributed by atoms with Crippen molar-refractivity contribution in [2.45, 2.75) is 44.6 Å². The number of aryl methyl sites for hydroxylation is 1. The molecule has 8 nitrogen and oxygen atoms in total. The van der Waals surface area contributed by atoms with E-state index >= 15 is 0 Å². The van der Waals surface area contributed by atoms with E-state index < -0.39 is 0 Å². The molecule has 4 rings (SSSR count). The average Bonchev–Trinajstić information content (AvgIpc) is 3.21. The molecule has 0 spiro atoms. The van der Waals surface area contributed by atoms with Crippen LogP contribution in [0.1, 0.15) is 49.7 Å². The number of hydrogen-bond acceptors (Lipinski definition) is 7. The molecule has 0 amide bonds. The van der Waals surface area contributed by atoms with Crippen molar-refractivity contribution in [3.05, 3.63) is 24.2 Å². The molecule has 1 fully saturated rings. The first kappa shape index (κ1) is 14.1. The molecular weight excluding hydrogens is 294 g/mol. The SMILES string of the molecule is Cn1cnc2nc(NCc3nc(C4CCCCC4)no3)ncc21. The van der Waals surface area contributed by atoms with Crippen LogP contribution in [0.5, 0.6) is 0 Å². The third kappa shape index (κ3) is 2.88. The van der Waals surface area contributed by atoms with Gasteiger partial charge in [-0.3, -0.25) is 0 Å². The standard InChI is InChI=1S/C15H19N7O/c1-22-9-18-14-11(22)7-16-15(20-14)17-8-12-19-13(21-23-12)10-5-3-2-4-6-10/h7,9-10H,2-6,8H2,1H3,(H,16,17,20). The Hall–Kier alpha value is -2.51. The first-order valence-electron chi connectivity index (χ1n) is 8.00. The molecule has 0 bridgehead atoms. The Balaban J connectivity index is 1.42. The van der Waals surface area contributed by atoms with Crippen molar-refractivity contribution in [2.24, 2.45) is 7.05 Å². The van der Waals surface area contributed by atoms with Crippen LogP contribution in [0, 0.1) is 0 Å². The van der Waals surface area contributed by atoms with Crippen molar-refractivity contribution >= 4 is 17.1 Å². The number of imidazole rings is 1. The highest BCUT2D eigenvalue weighted by Gasteiger charge is 2.20. The van der Waals surface area contributed by atoms with Gasteiger partial charge in [0.2, 0.25) is 11.8 Å². The van der Waals surface area contributed by atoms with Crippen molar-refractivity contribution < 1.29 is 4.52 Å². The molecule has 0 aliphatic heterocycles. The van der Waals surface area contributed by atoms with Gasteiger partial charge >= 0.3 is 0 Å². The summed E-state index contributed by atoms with van der Waals surface area (Å²) < 4.78 is 7.21. The zero-order valence-electron chi connectivity index (χ0n) is 13.1. The highest BCUT2D eigenvalue weighted by Crippen LogP contribution is 2.30. The van der Waals surface area contributed by atoms with E-state index in [1.165, 1.54) is 19.3 Å². The van der Waals surface area contributed by atoms with Gasteiger partial charge in [0, 0.05) is 13.0 Å². The smallest absolute Gasteiger partial charge is 0.246 e. The maximum Gasteiger partial charge on any atom is 0.246 e. The highest BCUT2D eigenvalue weighted by atomic mass is 16.5. The van der Waals surface area contributed by atoms with Crippen molar-refractivity contribution in [1.29, 1.82) is 0 Å². The van der Waals surface area contributed by atoms with Gasteiger partial charge in [0.25, 0.3) is 0 Å². The fraction of sp³-hybridized carbons (Fsp3) is 0.533.